The predicted molar refractivity (Wildman–Crippen MR) is 123 cm³/mol. The average Bonchev–Trinajstić information content (AvgIpc) is 3.17. The van der Waals surface area contributed by atoms with Gasteiger partial charge in [0.1, 0.15) is 10.3 Å². The number of hydrogen-bond acceptors (Lipinski definition) is 7. The summed E-state index contributed by atoms with van der Waals surface area (Å²) in [5, 5.41) is 1.94. The van der Waals surface area contributed by atoms with Crippen LogP contribution in [0.25, 0.3) is 21.4 Å². The minimum atomic E-state index is -0.559. The van der Waals surface area contributed by atoms with Crippen LogP contribution in [0.15, 0.2) is 44.9 Å². The largest absolute Gasteiger partial charge is 0.443 e. The van der Waals surface area contributed by atoms with Crippen molar-refractivity contribution in [2.24, 2.45) is 0 Å². The van der Waals surface area contributed by atoms with Gasteiger partial charge in [0.2, 0.25) is 5.43 Å². The summed E-state index contributed by atoms with van der Waals surface area (Å²) in [7, 11) is 1.68. The number of carbonyl (C=O) groups is 1. The van der Waals surface area contributed by atoms with Gasteiger partial charge in [0.15, 0.2) is 11.5 Å². The second-order valence-electron chi connectivity index (χ2n) is 8.44. The maximum absolute atomic E-state index is 12.7. The van der Waals surface area contributed by atoms with Crippen molar-refractivity contribution in [2.75, 3.05) is 43.2 Å². The lowest BCUT2D eigenvalue weighted by atomic mass is 10.1. The number of ether oxygens (including phenoxy) is 2. The van der Waals surface area contributed by atoms with Crippen molar-refractivity contribution < 1.29 is 18.7 Å². The molecule has 3 aromatic rings. The highest BCUT2D eigenvalue weighted by atomic mass is 32.1. The van der Waals surface area contributed by atoms with Crippen LogP contribution in [-0.2, 0) is 9.47 Å². The number of carbonyl (C=O) groups excluding carboxylic acids is 1. The number of fused-ring (bicyclic) bond motifs is 1. The normalized spacial score (nSPS) is 14.6. The maximum atomic E-state index is 12.7. The minimum Gasteiger partial charge on any atom is -0.443 e. The molecule has 0 N–H and O–H groups in total. The van der Waals surface area contributed by atoms with Gasteiger partial charge in [0.25, 0.3) is 0 Å². The molecule has 3 heterocycles. The van der Waals surface area contributed by atoms with Crippen LogP contribution in [0.2, 0.25) is 0 Å². The zero-order valence-corrected chi connectivity index (χ0v) is 19.0. The number of anilines is 2. The molecule has 0 unspecified atom stereocenters. The molecule has 4 rings (SSSR count). The topological polar surface area (TPSA) is 72.2 Å². The number of nitrogens with zero attached hydrogens (tertiary/aromatic N) is 2. The number of hydrogen-bond donors (Lipinski definition) is 0. The molecule has 8 heteroatoms. The van der Waals surface area contributed by atoms with Gasteiger partial charge in [0.05, 0.1) is 13.2 Å². The van der Waals surface area contributed by atoms with E-state index in [0.717, 1.165) is 11.1 Å². The molecule has 1 fully saturated rings. The molecule has 0 saturated carbocycles. The SMILES string of the molecule is CN(C(=O)OC(C)(C)C)c1ccc(-c2csc3c(=O)cc(N4CCOCC4)oc23)cc1. The molecular weight excluding hydrogens is 416 g/mol. The predicted octanol–water partition coefficient (Wildman–Crippen LogP) is 4.73. The van der Waals surface area contributed by atoms with Gasteiger partial charge in [-0.1, -0.05) is 12.1 Å². The van der Waals surface area contributed by atoms with Crippen LogP contribution >= 0.6 is 11.3 Å². The molecule has 1 amide bonds. The molecule has 0 spiro atoms. The van der Waals surface area contributed by atoms with E-state index in [2.05, 4.69) is 0 Å². The van der Waals surface area contributed by atoms with Crippen LogP contribution in [0.5, 0.6) is 0 Å². The van der Waals surface area contributed by atoms with Crippen LogP contribution in [0.4, 0.5) is 16.4 Å². The molecule has 0 bridgehead atoms. The van der Waals surface area contributed by atoms with Gasteiger partial charge in [-0.15, -0.1) is 11.3 Å². The van der Waals surface area contributed by atoms with Crippen molar-refractivity contribution in [3.8, 4) is 11.1 Å². The van der Waals surface area contributed by atoms with Gasteiger partial charge in [0, 0.05) is 42.8 Å². The highest BCUT2D eigenvalue weighted by Crippen LogP contribution is 2.35. The second-order valence-corrected chi connectivity index (χ2v) is 9.32. The summed E-state index contributed by atoms with van der Waals surface area (Å²) in [6.45, 7) is 8.13. The zero-order valence-electron chi connectivity index (χ0n) is 18.1. The van der Waals surface area contributed by atoms with Crippen molar-refractivity contribution in [3.05, 3.63) is 45.9 Å². The van der Waals surface area contributed by atoms with Crippen molar-refractivity contribution in [2.45, 2.75) is 26.4 Å². The third-order valence-corrected chi connectivity index (χ3v) is 5.96. The molecule has 164 valence electrons. The molecule has 1 aromatic carbocycles. The summed E-state index contributed by atoms with van der Waals surface area (Å²) < 4.78 is 17.6. The zero-order chi connectivity index (χ0) is 22.2. The third-order valence-electron chi connectivity index (χ3n) is 4.99. The van der Waals surface area contributed by atoms with Crippen LogP contribution in [0, 0.1) is 0 Å². The Morgan fingerprint density at radius 3 is 2.48 bits per heavy atom. The Morgan fingerprint density at radius 1 is 1.16 bits per heavy atom. The first kappa shape index (κ1) is 21.4. The highest BCUT2D eigenvalue weighted by molar-refractivity contribution is 7.17. The Hall–Kier alpha value is -2.84. The Morgan fingerprint density at radius 2 is 1.84 bits per heavy atom. The number of amides is 1. The fourth-order valence-corrected chi connectivity index (χ4v) is 4.28. The molecular formula is C23H26N2O5S. The molecule has 0 aliphatic carbocycles. The summed E-state index contributed by atoms with van der Waals surface area (Å²) in [6.07, 6.45) is -0.414. The Kier molecular flexibility index (Phi) is 5.77. The Balaban J connectivity index is 1.63. The van der Waals surface area contributed by atoms with E-state index in [0.29, 0.717) is 48.2 Å². The molecule has 1 aliphatic heterocycles. The van der Waals surface area contributed by atoms with E-state index in [1.807, 2.05) is 55.3 Å². The van der Waals surface area contributed by atoms with E-state index in [1.54, 1.807) is 13.1 Å². The molecule has 2 aromatic heterocycles. The van der Waals surface area contributed by atoms with Gasteiger partial charge >= 0.3 is 6.09 Å². The van der Waals surface area contributed by atoms with E-state index in [4.69, 9.17) is 13.9 Å². The fourth-order valence-electron chi connectivity index (χ4n) is 3.37. The van der Waals surface area contributed by atoms with E-state index >= 15 is 0 Å². The van der Waals surface area contributed by atoms with E-state index < -0.39 is 11.7 Å². The van der Waals surface area contributed by atoms with Crippen LogP contribution in [0.1, 0.15) is 20.8 Å². The highest BCUT2D eigenvalue weighted by Gasteiger charge is 2.21. The van der Waals surface area contributed by atoms with Crippen LogP contribution in [0.3, 0.4) is 0 Å². The molecule has 31 heavy (non-hydrogen) atoms. The first-order valence-electron chi connectivity index (χ1n) is 10.2. The lowest BCUT2D eigenvalue weighted by Gasteiger charge is -2.27. The quantitative estimate of drug-likeness (QED) is 0.584. The number of thiophene rings is 1. The van der Waals surface area contributed by atoms with Crippen molar-refractivity contribution in [1.29, 1.82) is 0 Å². The summed E-state index contributed by atoms with van der Waals surface area (Å²) in [6, 6.07) is 9.10. The summed E-state index contributed by atoms with van der Waals surface area (Å²) in [5.41, 5.74) is 2.48. The summed E-state index contributed by atoms with van der Waals surface area (Å²) >= 11 is 1.38. The van der Waals surface area contributed by atoms with E-state index in [9.17, 15) is 9.59 Å². The third kappa shape index (κ3) is 4.60. The van der Waals surface area contributed by atoms with Gasteiger partial charge in [-0.25, -0.2) is 4.79 Å². The van der Waals surface area contributed by atoms with Gasteiger partial charge in [-0.3, -0.25) is 9.69 Å². The standard InChI is InChI=1S/C23H26N2O5S/c1-23(2,3)30-22(27)24(4)16-7-5-15(6-8-16)17-14-31-21-18(26)13-19(29-20(17)21)25-9-11-28-12-10-25/h5-8,13-14H,9-12H2,1-4H3. The Bertz CT molecular complexity index is 1140. The van der Waals surface area contributed by atoms with E-state index in [1.165, 1.54) is 16.2 Å². The monoisotopic (exact) mass is 442 g/mol. The van der Waals surface area contributed by atoms with Crippen molar-refractivity contribution in [3.63, 3.8) is 0 Å². The first-order valence-corrected chi connectivity index (χ1v) is 11.1. The maximum Gasteiger partial charge on any atom is 0.414 e. The average molecular weight is 443 g/mol. The lowest BCUT2D eigenvalue weighted by Crippen LogP contribution is -2.36. The van der Waals surface area contributed by atoms with Gasteiger partial charge in [-0.05, 0) is 38.5 Å². The first-order chi connectivity index (χ1) is 14.7. The van der Waals surface area contributed by atoms with Crippen molar-refractivity contribution >= 4 is 39.3 Å². The number of benzene rings is 1. The van der Waals surface area contributed by atoms with Crippen LogP contribution < -0.4 is 15.2 Å². The van der Waals surface area contributed by atoms with Crippen molar-refractivity contribution in [1.82, 2.24) is 0 Å². The number of morpholine rings is 1. The smallest absolute Gasteiger partial charge is 0.414 e. The molecule has 1 aliphatic rings. The molecule has 0 atom stereocenters. The van der Waals surface area contributed by atoms with E-state index in [-0.39, 0.29) is 5.43 Å². The van der Waals surface area contributed by atoms with Gasteiger partial charge in [-0.2, -0.15) is 0 Å². The molecule has 0 radical (unpaired) electrons. The summed E-state index contributed by atoms with van der Waals surface area (Å²) in [5.74, 6) is 0.571. The number of rotatable bonds is 3. The minimum absolute atomic E-state index is 0.0414. The lowest BCUT2D eigenvalue weighted by molar-refractivity contribution is 0.0589. The molecule has 7 nitrogen and oxygen atoms in total. The van der Waals surface area contributed by atoms with Gasteiger partial charge < -0.3 is 18.8 Å². The molecule has 1 saturated heterocycles. The Labute approximate surface area is 184 Å². The summed E-state index contributed by atoms with van der Waals surface area (Å²) in [4.78, 5) is 28.5. The second kappa shape index (κ2) is 8.36. The van der Waals surface area contributed by atoms with Crippen LogP contribution in [-0.4, -0.2) is 45.0 Å². The fraction of sp³-hybridized carbons (Fsp3) is 0.391.